The van der Waals surface area contributed by atoms with Crippen LogP contribution in [0.2, 0.25) is 0 Å². The molecule has 2 aromatic rings. The zero-order valence-electron chi connectivity index (χ0n) is 16.3. The highest BCUT2D eigenvalue weighted by atomic mass is 16.2. The van der Waals surface area contributed by atoms with E-state index in [0.717, 1.165) is 32.2 Å². The maximum absolute atomic E-state index is 13.3. The van der Waals surface area contributed by atoms with Gasteiger partial charge in [0.1, 0.15) is 0 Å². The van der Waals surface area contributed by atoms with Gasteiger partial charge in [-0.2, -0.15) is 0 Å². The fourth-order valence-electron chi connectivity index (χ4n) is 4.88. The molecule has 0 spiro atoms. The van der Waals surface area contributed by atoms with Gasteiger partial charge < -0.3 is 9.80 Å². The lowest BCUT2D eigenvalue weighted by molar-refractivity contribution is -0.132. The number of carbonyl (C=O) groups is 2. The molecule has 2 aliphatic rings. The molecule has 0 unspecified atom stereocenters. The molecule has 1 aromatic carbocycles. The van der Waals surface area contributed by atoms with Crippen molar-refractivity contribution in [3.63, 3.8) is 0 Å². The maximum Gasteiger partial charge on any atom is 0.255 e. The molecule has 0 saturated carbocycles. The molecule has 2 saturated heterocycles. The summed E-state index contributed by atoms with van der Waals surface area (Å²) in [5, 5.41) is 0. The molecule has 2 fully saturated rings. The van der Waals surface area contributed by atoms with Crippen LogP contribution in [0.1, 0.15) is 54.4 Å². The molecule has 2 amide bonds. The van der Waals surface area contributed by atoms with Gasteiger partial charge in [-0.25, -0.2) is 0 Å². The van der Waals surface area contributed by atoms with Crippen LogP contribution in [0.25, 0.3) is 0 Å². The van der Waals surface area contributed by atoms with E-state index in [2.05, 4.69) is 17.1 Å². The van der Waals surface area contributed by atoms with Crippen molar-refractivity contribution in [1.29, 1.82) is 0 Å². The average molecular weight is 377 g/mol. The molecular weight excluding hydrogens is 350 g/mol. The SMILES string of the molecule is CC(=O)N1CCCCC[C@@H]2[C@@H]1[C@H](c1ccccc1)CN2C(=O)c1cccnc1. The molecular formula is C23H27N3O2. The quantitative estimate of drug-likeness (QED) is 0.805. The van der Waals surface area contributed by atoms with Crippen molar-refractivity contribution in [2.75, 3.05) is 13.1 Å². The molecule has 1 aromatic heterocycles. The Morgan fingerprint density at radius 3 is 2.54 bits per heavy atom. The molecule has 5 heteroatoms. The fourth-order valence-corrected chi connectivity index (χ4v) is 4.88. The van der Waals surface area contributed by atoms with Crippen molar-refractivity contribution in [3.8, 4) is 0 Å². The van der Waals surface area contributed by atoms with Gasteiger partial charge in [-0.05, 0) is 30.5 Å². The van der Waals surface area contributed by atoms with E-state index < -0.39 is 0 Å². The zero-order chi connectivity index (χ0) is 19.5. The van der Waals surface area contributed by atoms with Gasteiger partial charge in [0.15, 0.2) is 0 Å². The molecule has 2 aliphatic heterocycles. The summed E-state index contributed by atoms with van der Waals surface area (Å²) in [5.74, 6) is 0.257. The summed E-state index contributed by atoms with van der Waals surface area (Å²) >= 11 is 0. The van der Waals surface area contributed by atoms with Crippen LogP contribution >= 0.6 is 0 Å². The van der Waals surface area contributed by atoms with E-state index in [1.54, 1.807) is 25.4 Å². The molecule has 5 nitrogen and oxygen atoms in total. The minimum Gasteiger partial charge on any atom is -0.337 e. The van der Waals surface area contributed by atoms with Crippen LogP contribution in [0.15, 0.2) is 54.9 Å². The van der Waals surface area contributed by atoms with E-state index in [1.807, 2.05) is 34.1 Å². The van der Waals surface area contributed by atoms with Gasteiger partial charge in [0.05, 0.1) is 17.6 Å². The standard InChI is InChI=1S/C23H27N3O2/c1-17(27)25-14-7-3-6-12-21-22(25)20(18-9-4-2-5-10-18)16-26(21)23(28)19-11-8-13-24-15-19/h2,4-5,8-11,13,15,20-22H,3,6-7,12,14,16H2,1H3/t20-,21+,22-/m0/s1. The van der Waals surface area contributed by atoms with Crippen molar-refractivity contribution >= 4 is 11.8 Å². The Morgan fingerprint density at radius 1 is 1.00 bits per heavy atom. The highest BCUT2D eigenvalue weighted by Gasteiger charge is 2.48. The summed E-state index contributed by atoms with van der Waals surface area (Å²) in [7, 11) is 0. The number of carbonyl (C=O) groups excluding carboxylic acids is 2. The Bertz CT molecular complexity index is 824. The third-order valence-corrected chi connectivity index (χ3v) is 6.16. The lowest BCUT2D eigenvalue weighted by Crippen LogP contribution is -2.51. The van der Waals surface area contributed by atoms with Crippen LogP contribution in [-0.2, 0) is 4.79 Å². The van der Waals surface area contributed by atoms with Crippen molar-refractivity contribution in [2.24, 2.45) is 0 Å². The number of amides is 2. The topological polar surface area (TPSA) is 53.5 Å². The van der Waals surface area contributed by atoms with Gasteiger partial charge in [0.25, 0.3) is 5.91 Å². The van der Waals surface area contributed by atoms with Gasteiger partial charge >= 0.3 is 0 Å². The summed E-state index contributed by atoms with van der Waals surface area (Å²) in [6.45, 7) is 3.07. The highest BCUT2D eigenvalue weighted by Crippen LogP contribution is 2.39. The molecule has 4 rings (SSSR count). The minimum absolute atomic E-state index is 0.0191. The normalized spacial score (nSPS) is 25.0. The third kappa shape index (κ3) is 3.53. The molecule has 0 aliphatic carbocycles. The average Bonchev–Trinajstić information content (AvgIpc) is 3.06. The predicted molar refractivity (Wildman–Crippen MR) is 108 cm³/mol. The Balaban J connectivity index is 1.74. The second-order valence-electron chi connectivity index (χ2n) is 7.84. The van der Waals surface area contributed by atoms with Crippen LogP contribution in [0.5, 0.6) is 0 Å². The second-order valence-corrected chi connectivity index (χ2v) is 7.84. The Labute approximate surface area is 166 Å². The number of hydrogen-bond acceptors (Lipinski definition) is 3. The first-order valence-corrected chi connectivity index (χ1v) is 10.2. The van der Waals surface area contributed by atoms with Crippen molar-refractivity contribution < 1.29 is 9.59 Å². The summed E-state index contributed by atoms with van der Waals surface area (Å²) in [6.07, 6.45) is 7.47. The molecule has 0 bridgehead atoms. The number of hydrogen-bond donors (Lipinski definition) is 0. The van der Waals surface area contributed by atoms with E-state index >= 15 is 0 Å². The number of aromatic nitrogens is 1. The van der Waals surface area contributed by atoms with Crippen LogP contribution in [0.4, 0.5) is 0 Å². The first-order valence-electron chi connectivity index (χ1n) is 10.2. The lowest BCUT2D eigenvalue weighted by atomic mass is 9.87. The van der Waals surface area contributed by atoms with E-state index in [-0.39, 0.29) is 29.8 Å². The van der Waals surface area contributed by atoms with Crippen LogP contribution in [0.3, 0.4) is 0 Å². The van der Waals surface area contributed by atoms with Gasteiger partial charge in [0, 0.05) is 38.3 Å². The molecule has 3 atom stereocenters. The second kappa shape index (κ2) is 8.13. The van der Waals surface area contributed by atoms with Gasteiger partial charge in [-0.3, -0.25) is 14.6 Å². The third-order valence-electron chi connectivity index (χ3n) is 6.16. The number of rotatable bonds is 2. The molecule has 28 heavy (non-hydrogen) atoms. The van der Waals surface area contributed by atoms with Crippen LogP contribution in [0, 0.1) is 0 Å². The van der Waals surface area contributed by atoms with Crippen molar-refractivity contribution in [2.45, 2.75) is 50.6 Å². The number of likely N-dealkylation sites (tertiary alicyclic amines) is 2. The number of nitrogens with zero attached hydrogens (tertiary/aromatic N) is 3. The Kier molecular flexibility index (Phi) is 5.42. The van der Waals surface area contributed by atoms with E-state index in [9.17, 15) is 9.59 Å². The highest BCUT2D eigenvalue weighted by molar-refractivity contribution is 5.94. The first kappa shape index (κ1) is 18.7. The first-order chi connectivity index (χ1) is 13.7. The summed E-state index contributed by atoms with van der Waals surface area (Å²) in [4.78, 5) is 34.0. The molecule has 0 radical (unpaired) electrons. The summed E-state index contributed by atoms with van der Waals surface area (Å²) < 4.78 is 0. The van der Waals surface area contributed by atoms with Gasteiger partial charge in [-0.1, -0.05) is 43.2 Å². The number of benzene rings is 1. The lowest BCUT2D eigenvalue weighted by Gasteiger charge is -2.38. The summed E-state index contributed by atoms with van der Waals surface area (Å²) in [6, 6.07) is 14.0. The van der Waals surface area contributed by atoms with Crippen LogP contribution in [-0.4, -0.2) is 51.8 Å². The van der Waals surface area contributed by atoms with Crippen molar-refractivity contribution in [3.05, 3.63) is 66.0 Å². The predicted octanol–water partition coefficient (Wildman–Crippen LogP) is 3.48. The maximum atomic E-state index is 13.3. The Hall–Kier alpha value is -2.69. The largest absolute Gasteiger partial charge is 0.337 e. The monoisotopic (exact) mass is 377 g/mol. The summed E-state index contributed by atoms with van der Waals surface area (Å²) in [5.41, 5.74) is 1.82. The van der Waals surface area contributed by atoms with Gasteiger partial charge in [0.2, 0.25) is 5.91 Å². The number of fused-ring (bicyclic) bond motifs is 1. The smallest absolute Gasteiger partial charge is 0.255 e. The van der Waals surface area contributed by atoms with Crippen LogP contribution < -0.4 is 0 Å². The fraction of sp³-hybridized carbons (Fsp3) is 0.435. The molecule has 0 N–H and O–H groups in total. The van der Waals surface area contributed by atoms with E-state index in [1.165, 1.54) is 5.56 Å². The molecule has 3 heterocycles. The minimum atomic E-state index is 0.0191. The zero-order valence-corrected chi connectivity index (χ0v) is 16.3. The Morgan fingerprint density at radius 2 is 1.82 bits per heavy atom. The molecule has 146 valence electrons. The van der Waals surface area contributed by atoms with E-state index in [0.29, 0.717) is 12.1 Å². The number of pyridine rings is 1. The van der Waals surface area contributed by atoms with E-state index in [4.69, 9.17) is 0 Å². The van der Waals surface area contributed by atoms with Crippen molar-refractivity contribution in [1.82, 2.24) is 14.8 Å². The van der Waals surface area contributed by atoms with Gasteiger partial charge in [-0.15, -0.1) is 0 Å².